The summed E-state index contributed by atoms with van der Waals surface area (Å²) in [6, 6.07) is 12.7. The van der Waals surface area contributed by atoms with Gasteiger partial charge in [0.05, 0.1) is 7.11 Å². The van der Waals surface area contributed by atoms with Crippen LogP contribution in [0.5, 0.6) is 5.75 Å². The average Bonchev–Trinajstić information content (AvgIpc) is 2.50. The summed E-state index contributed by atoms with van der Waals surface area (Å²) in [4.78, 5) is 0. The summed E-state index contributed by atoms with van der Waals surface area (Å²) in [5.41, 5.74) is 2.06. The molecule has 2 aromatic carbocycles. The second-order valence-electron chi connectivity index (χ2n) is 4.98. The fraction of sp³-hybridized carbons (Fsp3) is 0.294. The van der Waals surface area contributed by atoms with Gasteiger partial charge in [-0.1, -0.05) is 34.1 Å². The minimum Gasteiger partial charge on any atom is -0.496 e. The number of hydrogen-bond acceptors (Lipinski definition) is 1. The van der Waals surface area contributed by atoms with Gasteiger partial charge in [0.1, 0.15) is 11.6 Å². The Labute approximate surface area is 138 Å². The van der Waals surface area contributed by atoms with Crippen molar-refractivity contribution in [1.82, 2.24) is 0 Å². The van der Waals surface area contributed by atoms with Crippen LogP contribution in [0.15, 0.2) is 46.9 Å². The molecule has 2 rings (SSSR count). The number of hydrogen-bond donors (Lipinski definition) is 0. The number of halogens is 3. The van der Waals surface area contributed by atoms with Crippen LogP contribution in [0.2, 0.25) is 0 Å². The summed E-state index contributed by atoms with van der Waals surface area (Å²) >= 11 is 9.57. The van der Waals surface area contributed by atoms with E-state index in [2.05, 4.69) is 15.9 Å². The van der Waals surface area contributed by atoms with Crippen molar-refractivity contribution < 1.29 is 9.13 Å². The van der Waals surface area contributed by atoms with Crippen molar-refractivity contribution in [3.8, 4) is 5.75 Å². The van der Waals surface area contributed by atoms with Crippen molar-refractivity contribution in [2.75, 3.05) is 13.0 Å². The Morgan fingerprint density at radius 2 is 1.86 bits per heavy atom. The molecule has 0 aliphatic carbocycles. The van der Waals surface area contributed by atoms with Gasteiger partial charge < -0.3 is 4.74 Å². The van der Waals surface area contributed by atoms with Crippen molar-refractivity contribution in [2.45, 2.75) is 12.8 Å². The quantitative estimate of drug-likeness (QED) is 0.631. The molecule has 1 unspecified atom stereocenters. The Bertz CT molecular complexity index is 603. The molecule has 0 radical (unpaired) electrons. The van der Waals surface area contributed by atoms with Crippen LogP contribution < -0.4 is 4.74 Å². The second kappa shape index (κ2) is 7.81. The van der Waals surface area contributed by atoms with Gasteiger partial charge in [0.2, 0.25) is 0 Å². The molecule has 0 aliphatic rings. The molecule has 4 heteroatoms. The Morgan fingerprint density at radius 3 is 2.57 bits per heavy atom. The van der Waals surface area contributed by atoms with Gasteiger partial charge in [-0.05, 0) is 54.2 Å². The van der Waals surface area contributed by atoms with E-state index in [4.69, 9.17) is 16.3 Å². The summed E-state index contributed by atoms with van der Waals surface area (Å²) in [6.07, 6.45) is 1.52. The highest BCUT2D eigenvalue weighted by atomic mass is 79.9. The fourth-order valence-electron chi connectivity index (χ4n) is 2.37. The van der Waals surface area contributed by atoms with Crippen LogP contribution in [-0.2, 0) is 12.8 Å². The molecule has 0 fully saturated rings. The zero-order valence-electron chi connectivity index (χ0n) is 11.8. The van der Waals surface area contributed by atoms with Crippen LogP contribution in [0, 0.1) is 11.7 Å². The van der Waals surface area contributed by atoms with E-state index in [1.165, 1.54) is 6.07 Å². The summed E-state index contributed by atoms with van der Waals surface area (Å²) in [5.74, 6) is 1.38. The van der Waals surface area contributed by atoms with Gasteiger partial charge in [0.15, 0.2) is 0 Å². The molecule has 0 heterocycles. The first-order chi connectivity index (χ1) is 10.1. The standard InChI is InChI=1S/C17H17BrClFO/c1-21-17-5-3-2-4-13(17)8-12(11-19)9-14-10-15(20)6-7-16(14)18/h2-7,10,12H,8-9,11H2,1H3. The van der Waals surface area contributed by atoms with E-state index in [9.17, 15) is 4.39 Å². The average molecular weight is 372 g/mol. The van der Waals surface area contributed by atoms with Crippen LogP contribution in [0.1, 0.15) is 11.1 Å². The van der Waals surface area contributed by atoms with Gasteiger partial charge in [-0.15, -0.1) is 11.6 Å². The number of para-hydroxylation sites is 1. The van der Waals surface area contributed by atoms with Gasteiger partial charge in [0, 0.05) is 10.4 Å². The highest BCUT2D eigenvalue weighted by Crippen LogP contribution is 2.26. The highest BCUT2D eigenvalue weighted by molar-refractivity contribution is 9.10. The molecule has 0 aromatic heterocycles. The van der Waals surface area contributed by atoms with Crippen molar-refractivity contribution in [1.29, 1.82) is 0 Å². The lowest BCUT2D eigenvalue weighted by molar-refractivity contribution is 0.405. The maximum Gasteiger partial charge on any atom is 0.123 e. The molecule has 0 N–H and O–H groups in total. The first-order valence-electron chi connectivity index (χ1n) is 6.75. The molecule has 0 saturated heterocycles. The van der Waals surface area contributed by atoms with E-state index in [1.54, 1.807) is 19.2 Å². The van der Waals surface area contributed by atoms with Crippen LogP contribution in [0.3, 0.4) is 0 Å². The highest BCUT2D eigenvalue weighted by Gasteiger charge is 2.14. The van der Waals surface area contributed by atoms with Gasteiger partial charge in [-0.25, -0.2) is 4.39 Å². The molecule has 1 nitrogen and oxygen atoms in total. The zero-order chi connectivity index (χ0) is 15.2. The molecule has 0 amide bonds. The summed E-state index contributed by atoms with van der Waals surface area (Å²) in [7, 11) is 1.66. The van der Waals surface area contributed by atoms with Gasteiger partial charge in [0.25, 0.3) is 0 Å². The molecule has 0 saturated carbocycles. The third-order valence-electron chi connectivity index (χ3n) is 3.44. The fourth-order valence-corrected chi connectivity index (χ4v) is 3.00. The lowest BCUT2D eigenvalue weighted by Crippen LogP contribution is -2.11. The van der Waals surface area contributed by atoms with E-state index in [1.807, 2.05) is 24.3 Å². The molecule has 0 bridgehead atoms. The third kappa shape index (κ3) is 4.45. The molecule has 112 valence electrons. The van der Waals surface area contributed by atoms with E-state index in [-0.39, 0.29) is 11.7 Å². The molecule has 2 aromatic rings. The normalized spacial score (nSPS) is 12.2. The van der Waals surface area contributed by atoms with Crippen molar-refractivity contribution in [3.05, 3.63) is 63.9 Å². The van der Waals surface area contributed by atoms with Crippen LogP contribution >= 0.6 is 27.5 Å². The van der Waals surface area contributed by atoms with Crippen LogP contribution in [-0.4, -0.2) is 13.0 Å². The van der Waals surface area contributed by atoms with Crippen molar-refractivity contribution in [2.24, 2.45) is 5.92 Å². The molecule has 0 spiro atoms. The zero-order valence-corrected chi connectivity index (χ0v) is 14.1. The van der Waals surface area contributed by atoms with Crippen LogP contribution in [0.4, 0.5) is 4.39 Å². The van der Waals surface area contributed by atoms with Gasteiger partial charge in [-0.2, -0.15) is 0 Å². The van der Waals surface area contributed by atoms with E-state index in [0.29, 0.717) is 5.88 Å². The predicted molar refractivity (Wildman–Crippen MR) is 88.7 cm³/mol. The summed E-state index contributed by atoms with van der Waals surface area (Å²) < 4.78 is 19.7. The summed E-state index contributed by atoms with van der Waals surface area (Å²) in [6.45, 7) is 0. The van der Waals surface area contributed by atoms with E-state index < -0.39 is 0 Å². The maximum atomic E-state index is 13.4. The second-order valence-corrected chi connectivity index (χ2v) is 6.14. The van der Waals surface area contributed by atoms with E-state index in [0.717, 1.165) is 34.2 Å². The molecule has 21 heavy (non-hydrogen) atoms. The minimum absolute atomic E-state index is 0.223. The van der Waals surface area contributed by atoms with Gasteiger partial charge in [-0.3, -0.25) is 0 Å². The topological polar surface area (TPSA) is 9.23 Å². The minimum atomic E-state index is -0.223. The SMILES string of the molecule is COc1ccccc1CC(CCl)Cc1cc(F)ccc1Br. The number of benzene rings is 2. The Hall–Kier alpha value is -1.06. The summed E-state index contributed by atoms with van der Waals surface area (Å²) in [5, 5.41) is 0. The third-order valence-corrected chi connectivity index (χ3v) is 4.65. The monoisotopic (exact) mass is 370 g/mol. The number of alkyl halides is 1. The largest absolute Gasteiger partial charge is 0.496 e. The molecular formula is C17H17BrClFO. The first-order valence-corrected chi connectivity index (χ1v) is 8.08. The lowest BCUT2D eigenvalue weighted by atomic mass is 9.93. The predicted octanol–water partition coefficient (Wildman–Crippen LogP) is 5.24. The Balaban J connectivity index is 2.15. The number of rotatable bonds is 6. The Morgan fingerprint density at radius 1 is 1.14 bits per heavy atom. The van der Waals surface area contributed by atoms with Crippen LogP contribution in [0.25, 0.3) is 0 Å². The lowest BCUT2D eigenvalue weighted by Gasteiger charge is -2.17. The molecule has 1 atom stereocenters. The molecule has 0 aliphatic heterocycles. The smallest absolute Gasteiger partial charge is 0.123 e. The van der Waals surface area contributed by atoms with Crippen molar-refractivity contribution in [3.63, 3.8) is 0 Å². The maximum absolute atomic E-state index is 13.4. The van der Waals surface area contributed by atoms with E-state index >= 15 is 0 Å². The van der Waals surface area contributed by atoms with Crippen molar-refractivity contribution >= 4 is 27.5 Å². The first kappa shape index (κ1) is 16.3. The van der Waals surface area contributed by atoms with Gasteiger partial charge >= 0.3 is 0 Å². The molecular weight excluding hydrogens is 355 g/mol. The number of ether oxygens (including phenoxy) is 1. The Kier molecular flexibility index (Phi) is 6.07. The number of methoxy groups -OCH3 is 1.